The third kappa shape index (κ3) is 11.2. The van der Waals surface area contributed by atoms with E-state index in [0.717, 1.165) is 24.3 Å². The monoisotopic (exact) mass is 806 g/mol. The molecule has 0 spiro atoms. The summed E-state index contributed by atoms with van der Waals surface area (Å²) >= 11 is 6.04. The Morgan fingerprint density at radius 1 is 0.706 bits per heavy atom. The Labute approximate surface area is 361 Å². The predicted octanol–water partition coefficient (Wildman–Crippen LogP) is 3.89. The van der Waals surface area contributed by atoms with Gasteiger partial charge in [-0.1, -0.05) is 6.07 Å². The third-order valence-corrected chi connectivity index (χ3v) is 9.05. The average molecular weight is 807 g/mol. The number of benzene rings is 4. The Morgan fingerprint density at radius 3 is 1.88 bits per heavy atom. The first-order valence-corrected chi connectivity index (χ1v) is 17.5. The van der Waals surface area contributed by atoms with E-state index in [-0.39, 0.29) is 139 Å². The first-order valence-electron chi connectivity index (χ1n) is 12.8. The number of rotatable bonds is 10. The molecule has 253 valence electrons. The molecule has 0 aliphatic carbocycles. The van der Waals surface area contributed by atoms with Crippen molar-refractivity contribution in [1.29, 1.82) is 0 Å². The summed E-state index contributed by atoms with van der Waals surface area (Å²) in [6.07, 6.45) is 0. The van der Waals surface area contributed by atoms with Crippen LogP contribution >= 0.6 is 11.6 Å². The van der Waals surface area contributed by atoms with Gasteiger partial charge < -0.3 is 20.5 Å². The van der Waals surface area contributed by atoms with Crippen molar-refractivity contribution in [3.8, 4) is 11.5 Å². The van der Waals surface area contributed by atoms with E-state index in [1.807, 2.05) is 0 Å². The second-order valence-electron chi connectivity index (χ2n) is 9.50. The van der Waals surface area contributed by atoms with Crippen LogP contribution in [0.5, 0.6) is 11.5 Å². The van der Waals surface area contributed by atoms with Crippen LogP contribution in [0, 0.1) is 0 Å². The molecule has 4 aromatic carbocycles. The molecule has 51 heavy (non-hydrogen) atoms. The summed E-state index contributed by atoms with van der Waals surface area (Å²) in [5.74, 6) is -0.947. The number of methoxy groups -OCH3 is 1. The number of aromatic hydroxyl groups is 1. The van der Waals surface area contributed by atoms with Crippen LogP contribution in [0.4, 0.5) is 34.6 Å². The number of phenolic OH excluding ortho intramolecular Hbond substituents is 1. The van der Waals surface area contributed by atoms with Crippen LogP contribution in [-0.4, -0.2) is 155 Å². The van der Waals surface area contributed by atoms with Crippen LogP contribution in [0.15, 0.2) is 91.6 Å². The van der Waals surface area contributed by atoms with Gasteiger partial charge in [0.15, 0.2) is 5.75 Å². The Morgan fingerprint density at radius 2 is 1.31 bits per heavy atom. The summed E-state index contributed by atoms with van der Waals surface area (Å²) < 4.78 is 105. The maximum absolute atomic E-state index is 12.3. The molecule has 5 rings (SSSR count). The third-order valence-electron chi connectivity index (χ3n) is 6.28. The summed E-state index contributed by atoms with van der Waals surface area (Å²) in [6, 6.07) is 13.6. The molecule has 25 heteroatoms. The number of nitrogens with zero attached hydrogens (tertiary/aromatic N) is 5. The van der Waals surface area contributed by atoms with E-state index in [1.54, 1.807) is 0 Å². The molecule has 0 bridgehead atoms. The van der Waals surface area contributed by atoms with E-state index in [2.05, 4.69) is 35.8 Å². The fraction of sp³-hybridized carbons (Fsp3) is 0.0385. The van der Waals surface area contributed by atoms with Crippen LogP contribution in [0.1, 0.15) is 0 Å². The molecule has 3 radical (unpaired) electrons. The van der Waals surface area contributed by atoms with Gasteiger partial charge in [-0.2, -0.15) is 40.2 Å². The van der Waals surface area contributed by atoms with Crippen molar-refractivity contribution >= 4 is 176 Å². The standard InChI is InChI=1S/C26H20ClN7O11S3.3Na/c1-45-16-6-8-19(20(12-16)47(39,40)41)33-34-22-21(48(42,43)44)10-13-9-15(5-7-18(13)23(22)35)29-26-31-24(27)30-25(32-26)28-14-3-2-4-17(11-14)46(36,37)38;;;/h2-12,35H,1H3,(H,36,37,38)(H,39,40,41)(H,42,43,44)(H2,28,29,30,31,32);;;. The zero-order chi connectivity index (χ0) is 35.0. The number of hydrogen-bond acceptors (Lipinski definition) is 15. The number of halogens is 1. The minimum absolute atomic E-state index is 0. The van der Waals surface area contributed by atoms with Gasteiger partial charge in [0.25, 0.3) is 30.4 Å². The maximum atomic E-state index is 12.3. The van der Waals surface area contributed by atoms with E-state index < -0.39 is 57.3 Å². The first kappa shape index (κ1) is 45.1. The van der Waals surface area contributed by atoms with Gasteiger partial charge in [0.1, 0.15) is 26.9 Å². The largest absolute Gasteiger partial charge is 0.505 e. The van der Waals surface area contributed by atoms with Gasteiger partial charge in [0.05, 0.1) is 12.0 Å². The van der Waals surface area contributed by atoms with Crippen molar-refractivity contribution in [2.24, 2.45) is 10.2 Å². The van der Waals surface area contributed by atoms with Gasteiger partial charge >= 0.3 is 0 Å². The van der Waals surface area contributed by atoms with Crippen LogP contribution in [0.25, 0.3) is 10.8 Å². The molecule has 0 aliphatic heterocycles. The molecule has 18 nitrogen and oxygen atoms in total. The van der Waals surface area contributed by atoms with Crippen molar-refractivity contribution in [3.05, 3.63) is 72.0 Å². The van der Waals surface area contributed by atoms with Gasteiger partial charge in [-0.3, -0.25) is 13.7 Å². The number of aromatic nitrogens is 3. The quantitative estimate of drug-likeness (QED) is 0.0663. The Balaban J connectivity index is 0.00000300. The van der Waals surface area contributed by atoms with Crippen LogP contribution in [0.3, 0.4) is 0 Å². The molecule has 6 N–H and O–H groups in total. The normalized spacial score (nSPS) is 11.6. The summed E-state index contributed by atoms with van der Waals surface area (Å²) in [6.45, 7) is 0. The molecule has 0 saturated heterocycles. The summed E-state index contributed by atoms with van der Waals surface area (Å²) in [7, 11) is -13.1. The zero-order valence-corrected chi connectivity index (χ0v) is 36.0. The average Bonchev–Trinajstić information content (AvgIpc) is 2.99. The number of ether oxygens (including phenoxy) is 1. The van der Waals surface area contributed by atoms with Crippen LogP contribution in [0.2, 0.25) is 5.28 Å². The van der Waals surface area contributed by atoms with Crippen molar-refractivity contribution in [2.45, 2.75) is 14.7 Å². The number of hydrogen-bond donors (Lipinski definition) is 6. The minimum Gasteiger partial charge on any atom is -0.505 e. The number of phenols is 1. The second-order valence-corrected chi connectivity index (χ2v) is 14.0. The van der Waals surface area contributed by atoms with E-state index >= 15 is 0 Å². The smallest absolute Gasteiger partial charge is 0.296 e. The molecule has 5 aromatic rings. The van der Waals surface area contributed by atoms with Crippen molar-refractivity contribution < 1.29 is 48.8 Å². The van der Waals surface area contributed by atoms with Gasteiger partial charge in [-0.05, 0) is 71.6 Å². The SMILES string of the molecule is COc1ccc(N=Nc2c(S(=O)(=O)O)cc3cc(Nc4nc(Cl)nc(Nc5cccc(S(=O)(=O)O)c5)n4)ccc3c2O)c(S(=O)(=O)O)c1.[Na].[Na].[Na]. The summed E-state index contributed by atoms with van der Waals surface area (Å²) in [5, 5.41) is 23.7. The Hall–Kier alpha value is -2.03. The van der Waals surface area contributed by atoms with Crippen LogP contribution < -0.4 is 15.4 Å². The number of fused-ring (bicyclic) bond motifs is 1. The summed E-state index contributed by atoms with van der Waals surface area (Å²) in [4.78, 5) is 10.0. The summed E-state index contributed by atoms with van der Waals surface area (Å²) in [5.41, 5.74) is -0.753. The molecular formula is C26H20ClN7Na3O11S3. The van der Waals surface area contributed by atoms with E-state index in [0.29, 0.717) is 0 Å². The van der Waals surface area contributed by atoms with E-state index in [1.165, 1.54) is 49.6 Å². The fourth-order valence-corrected chi connectivity index (χ4v) is 6.17. The topological polar surface area (TPSA) is 280 Å². The molecular weight excluding hydrogens is 787 g/mol. The molecule has 0 amide bonds. The van der Waals surface area contributed by atoms with Gasteiger partial charge in [-0.15, -0.1) is 10.2 Å². The predicted molar refractivity (Wildman–Crippen MR) is 187 cm³/mol. The van der Waals surface area contributed by atoms with Crippen LogP contribution in [-0.2, 0) is 30.4 Å². The van der Waals surface area contributed by atoms with Crippen molar-refractivity contribution in [1.82, 2.24) is 15.0 Å². The minimum atomic E-state index is -5.06. The van der Waals surface area contributed by atoms with Gasteiger partial charge in [0, 0.05) is 111 Å². The number of nitrogens with one attached hydrogen (secondary N) is 2. The number of anilines is 4. The second kappa shape index (κ2) is 17.9. The molecule has 1 heterocycles. The van der Waals surface area contributed by atoms with E-state index in [9.17, 15) is 44.0 Å². The number of azo groups is 1. The molecule has 1 aromatic heterocycles. The Kier molecular flexibility index (Phi) is 15.8. The van der Waals surface area contributed by atoms with E-state index in [4.69, 9.17) is 16.3 Å². The zero-order valence-electron chi connectivity index (χ0n) is 26.8. The van der Waals surface area contributed by atoms with Gasteiger partial charge in [-0.25, -0.2) is 0 Å². The fourth-order valence-electron chi connectivity index (χ4n) is 4.19. The molecule has 0 unspecified atom stereocenters. The Bertz CT molecular complexity index is 2480. The molecule has 0 aliphatic rings. The van der Waals surface area contributed by atoms with Crippen molar-refractivity contribution in [2.75, 3.05) is 17.7 Å². The molecule has 0 fully saturated rings. The van der Waals surface area contributed by atoms with Crippen molar-refractivity contribution in [3.63, 3.8) is 0 Å². The molecule has 0 atom stereocenters. The molecule has 0 saturated carbocycles. The maximum Gasteiger partial charge on any atom is 0.296 e. The first-order chi connectivity index (χ1) is 22.4. The van der Waals surface area contributed by atoms with Gasteiger partial charge in [0.2, 0.25) is 17.2 Å².